The lowest BCUT2D eigenvalue weighted by Crippen LogP contribution is -2.28. The van der Waals surface area contributed by atoms with Crippen LogP contribution in [0.15, 0.2) is 193 Å². The molecule has 0 amide bonds. The molecule has 0 spiro atoms. The topological polar surface area (TPSA) is 56.1 Å². The first-order valence-electron chi connectivity index (χ1n) is 21.2. The van der Waals surface area contributed by atoms with E-state index in [0.717, 1.165) is 87.4 Å². The van der Waals surface area contributed by atoms with Gasteiger partial charge in [-0.05, 0) is 116 Å². The minimum atomic E-state index is 0.625. The van der Waals surface area contributed by atoms with E-state index in [1.54, 1.807) is 0 Å². The van der Waals surface area contributed by atoms with E-state index in [4.69, 9.17) is 19.7 Å². The van der Waals surface area contributed by atoms with Crippen molar-refractivity contribution in [1.29, 1.82) is 0 Å². The highest BCUT2D eigenvalue weighted by Crippen LogP contribution is 2.48. The number of ether oxygens (including phenoxy) is 1. The first-order valence-corrected chi connectivity index (χ1v) is 21.2. The average molecular weight is 790 g/mol. The number of hydrogen-bond donors (Lipinski definition) is 0. The fourth-order valence-corrected chi connectivity index (χ4v) is 9.06. The van der Waals surface area contributed by atoms with Gasteiger partial charge in [-0.1, -0.05) is 127 Å². The number of fused-ring (bicyclic) bond motifs is 6. The zero-order valence-corrected chi connectivity index (χ0v) is 34.2. The van der Waals surface area contributed by atoms with E-state index in [0.29, 0.717) is 17.5 Å². The molecule has 2 aliphatic carbocycles. The van der Waals surface area contributed by atoms with Crippen LogP contribution in [0.3, 0.4) is 0 Å². The Bertz CT molecular complexity index is 3250. The molecule has 0 unspecified atom stereocenters. The number of anilines is 1. The van der Waals surface area contributed by atoms with Crippen LogP contribution in [0.5, 0.6) is 5.75 Å². The summed E-state index contributed by atoms with van der Waals surface area (Å²) in [5.74, 6) is 3.71. The Labute approximate surface area is 355 Å². The van der Waals surface area contributed by atoms with Gasteiger partial charge in [0, 0.05) is 33.3 Å². The van der Waals surface area contributed by atoms with Crippen LogP contribution in [0.2, 0.25) is 0 Å². The molecule has 0 radical (unpaired) electrons. The first-order chi connectivity index (χ1) is 30.1. The van der Waals surface area contributed by atoms with Crippen molar-refractivity contribution in [3.05, 3.63) is 199 Å². The molecule has 0 bridgehead atoms. The van der Waals surface area contributed by atoms with E-state index in [-0.39, 0.29) is 0 Å². The van der Waals surface area contributed by atoms with Gasteiger partial charge in [-0.2, -0.15) is 0 Å². The summed E-state index contributed by atoms with van der Waals surface area (Å²) in [6.07, 6.45) is 21.4. The normalized spacial score (nSPS) is 15.1. The maximum absolute atomic E-state index is 6.77. The molecular formula is C55H43N5O. The van der Waals surface area contributed by atoms with Gasteiger partial charge in [0.15, 0.2) is 23.2 Å². The SMILES string of the molecule is C/C=C\C=C(/C)c1nc(-c2ccccc2)nc(-c2cccc(-n3c4cccc(-c5ccc6c(c5)OC5=C(CCC=C5)N6C5=CCCC=C5)c4c4c5ccccc5ccc43)c2)n1. The third-order valence-corrected chi connectivity index (χ3v) is 11.9. The average Bonchev–Trinajstić information content (AvgIpc) is 3.68. The summed E-state index contributed by atoms with van der Waals surface area (Å²) < 4.78 is 9.16. The molecule has 6 aromatic carbocycles. The summed E-state index contributed by atoms with van der Waals surface area (Å²) in [5.41, 5.74) is 11.9. The van der Waals surface area contributed by atoms with Crippen molar-refractivity contribution < 1.29 is 4.74 Å². The summed E-state index contributed by atoms with van der Waals surface area (Å²) >= 11 is 0. The number of allylic oxidation sites excluding steroid dienone is 10. The monoisotopic (exact) mass is 789 g/mol. The molecule has 1 aliphatic heterocycles. The lowest BCUT2D eigenvalue weighted by molar-refractivity contribution is 0.420. The molecule has 0 N–H and O–H groups in total. The van der Waals surface area contributed by atoms with E-state index >= 15 is 0 Å². The maximum atomic E-state index is 6.77. The molecule has 11 rings (SSSR count). The van der Waals surface area contributed by atoms with E-state index in [1.807, 2.05) is 62.4 Å². The number of hydrogen-bond acceptors (Lipinski definition) is 5. The van der Waals surface area contributed by atoms with E-state index in [1.165, 1.54) is 32.9 Å². The Morgan fingerprint density at radius 2 is 1.48 bits per heavy atom. The van der Waals surface area contributed by atoms with Gasteiger partial charge >= 0.3 is 0 Å². The van der Waals surface area contributed by atoms with Gasteiger partial charge in [0.25, 0.3) is 0 Å². The fraction of sp³-hybridized carbons (Fsp3) is 0.109. The third-order valence-electron chi connectivity index (χ3n) is 11.9. The smallest absolute Gasteiger partial charge is 0.164 e. The molecule has 3 heterocycles. The summed E-state index contributed by atoms with van der Waals surface area (Å²) in [4.78, 5) is 17.5. The summed E-state index contributed by atoms with van der Waals surface area (Å²) in [5, 5.41) is 4.82. The minimum Gasteiger partial charge on any atom is -0.453 e. The van der Waals surface area contributed by atoms with Crippen molar-refractivity contribution in [3.63, 3.8) is 0 Å². The third kappa shape index (κ3) is 6.39. The van der Waals surface area contributed by atoms with Gasteiger partial charge in [0.05, 0.1) is 22.4 Å². The van der Waals surface area contributed by atoms with E-state index < -0.39 is 0 Å². The van der Waals surface area contributed by atoms with Crippen LogP contribution in [0.25, 0.3) is 77.7 Å². The highest BCUT2D eigenvalue weighted by molar-refractivity contribution is 6.25. The second-order valence-electron chi connectivity index (χ2n) is 15.8. The molecule has 0 saturated heterocycles. The maximum Gasteiger partial charge on any atom is 0.164 e. The molecule has 61 heavy (non-hydrogen) atoms. The Morgan fingerprint density at radius 1 is 0.672 bits per heavy atom. The zero-order chi connectivity index (χ0) is 40.9. The molecule has 0 saturated carbocycles. The first kappa shape index (κ1) is 36.5. The lowest BCUT2D eigenvalue weighted by Gasteiger charge is -2.37. The Hall–Kier alpha value is -7.57. The molecule has 0 atom stereocenters. The van der Waals surface area contributed by atoms with Crippen LogP contribution in [0.4, 0.5) is 5.69 Å². The Kier molecular flexibility index (Phi) is 9.11. The van der Waals surface area contributed by atoms with Crippen LogP contribution in [-0.2, 0) is 0 Å². The predicted octanol–water partition coefficient (Wildman–Crippen LogP) is 14.1. The molecule has 6 nitrogen and oxygen atoms in total. The van der Waals surface area contributed by atoms with Crippen LogP contribution in [0, 0.1) is 0 Å². The van der Waals surface area contributed by atoms with Gasteiger partial charge in [0.2, 0.25) is 0 Å². The quantitative estimate of drug-likeness (QED) is 0.151. The van der Waals surface area contributed by atoms with Crippen LogP contribution >= 0.6 is 0 Å². The van der Waals surface area contributed by atoms with Crippen molar-refractivity contribution in [2.24, 2.45) is 0 Å². The van der Waals surface area contributed by atoms with Crippen molar-refractivity contribution in [1.82, 2.24) is 19.5 Å². The molecule has 0 fully saturated rings. The zero-order valence-electron chi connectivity index (χ0n) is 34.2. The molecule has 2 aromatic heterocycles. The second kappa shape index (κ2) is 15.2. The molecular weight excluding hydrogens is 747 g/mol. The highest BCUT2D eigenvalue weighted by Gasteiger charge is 2.30. The number of benzene rings is 6. The van der Waals surface area contributed by atoms with Gasteiger partial charge in [-0.15, -0.1) is 0 Å². The Morgan fingerprint density at radius 3 is 2.34 bits per heavy atom. The minimum absolute atomic E-state index is 0.625. The van der Waals surface area contributed by atoms with Gasteiger partial charge in [-0.3, -0.25) is 0 Å². The largest absolute Gasteiger partial charge is 0.453 e. The van der Waals surface area contributed by atoms with Crippen LogP contribution in [-0.4, -0.2) is 19.5 Å². The Balaban J connectivity index is 1.10. The van der Waals surface area contributed by atoms with Gasteiger partial charge in [-0.25, -0.2) is 15.0 Å². The van der Waals surface area contributed by atoms with Crippen molar-refractivity contribution in [2.75, 3.05) is 4.90 Å². The van der Waals surface area contributed by atoms with Crippen molar-refractivity contribution in [3.8, 4) is 45.3 Å². The van der Waals surface area contributed by atoms with Crippen molar-refractivity contribution >= 4 is 43.8 Å². The number of aromatic nitrogens is 4. The molecule has 3 aliphatic rings. The lowest BCUT2D eigenvalue weighted by atomic mass is 9.95. The predicted molar refractivity (Wildman–Crippen MR) is 251 cm³/mol. The molecule has 8 aromatic rings. The standard InChI is InChI=1S/C55H43N5O/c1-3-4-17-36(2)53-56-54(38-19-7-5-8-20-38)58-55(57-53)40-21-15-24-42(34-40)60-47-28-16-26-44(52(47)51-43-25-12-11-18-37(43)30-33-48(51)60)39-31-32-46-50(35-39)61-49-29-14-13-27-45(49)59(46)41-22-9-6-10-23-41/h3-5,7-9,11-12,14-26,28-35H,6,10,13,27H2,1-2H3/b4-3-,36-17+. The summed E-state index contributed by atoms with van der Waals surface area (Å²) in [6, 6.07) is 45.4. The number of nitrogens with zero attached hydrogens (tertiary/aromatic N) is 5. The summed E-state index contributed by atoms with van der Waals surface area (Å²) in [6.45, 7) is 4.05. The van der Waals surface area contributed by atoms with Crippen LogP contribution in [0.1, 0.15) is 45.4 Å². The van der Waals surface area contributed by atoms with Gasteiger partial charge in [0.1, 0.15) is 5.76 Å². The van der Waals surface area contributed by atoms with Crippen LogP contribution < -0.4 is 9.64 Å². The fourth-order valence-electron chi connectivity index (χ4n) is 9.06. The van der Waals surface area contributed by atoms with Gasteiger partial charge < -0.3 is 14.2 Å². The summed E-state index contributed by atoms with van der Waals surface area (Å²) in [7, 11) is 0. The number of rotatable bonds is 7. The molecule has 294 valence electrons. The highest BCUT2D eigenvalue weighted by atomic mass is 16.5. The molecule has 6 heteroatoms. The van der Waals surface area contributed by atoms with Crippen molar-refractivity contribution in [2.45, 2.75) is 39.5 Å². The second-order valence-corrected chi connectivity index (χ2v) is 15.8. The van der Waals surface area contributed by atoms with E-state index in [2.05, 4.69) is 137 Å². The van der Waals surface area contributed by atoms with E-state index in [9.17, 15) is 0 Å².